The van der Waals surface area contributed by atoms with Gasteiger partial charge in [0.15, 0.2) is 0 Å². The Morgan fingerprint density at radius 1 is 1.22 bits per heavy atom. The Morgan fingerprint density at radius 2 is 2.00 bits per heavy atom. The first-order chi connectivity index (χ1) is 13.0. The molecule has 1 aromatic carbocycles. The number of hydrogen-bond donors (Lipinski definition) is 2. The summed E-state index contributed by atoms with van der Waals surface area (Å²) in [5.74, 6) is -1.74. The number of carboxylic acid groups (broad SMARTS) is 1. The van der Waals surface area contributed by atoms with Crippen molar-refractivity contribution in [1.29, 1.82) is 0 Å². The lowest BCUT2D eigenvalue weighted by atomic mass is 10.2. The van der Waals surface area contributed by atoms with E-state index in [2.05, 4.69) is 5.32 Å². The predicted octanol–water partition coefficient (Wildman–Crippen LogP) is 3.68. The highest BCUT2D eigenvalue weighted by atomic mass is 32.2. The van der Waals surface area contributed by atoms with Gasteiger partial charge in [-0.3, -0.25) is 14.5 Å². The van der Waals surface area contributed by atoms with Gasteiger partial charge in [-0.2, -0.15) is 0 Å². The van der Waals surface area contributed by atoms with E-state index in [-0.39, 0.29) is 36.0 Å². The summed E-state index contributed by atoms with van der Waals surface area (Å²) in [6.07, 6.45) is 1.79. The van der Waals surface area contributed by atoms with Crippen LogP contribution in [-0.2, 0) is 9.59 Å². The minimum absolute atomic E-state index is 0.00662. The highest BCUT2D eigenvalue weighted by Gasteiger charge is 2.32. The summed E-state index contributed by atoms with van der Waals surface area (Å²) in [4.78, 5) is 38.8. The molecule has 138 valence electrons. The highest BCUT2D eigenvalue weighted by Crippen LogP contribution is 2.33. The molecule has 1 fully saturated rings. The highest BCUT2D eigenvalue weighted by molar-refractivity contribution is 8.26. The van der Waals surface area contributed by atoms with Crippen molar-refractivity contribution in [2.24, 2.45) is 0 Å². The molecule has 0 radical (unpaired) electrons. The molecule has 0 bridgehead atoms. The van der Waals surface area contributed by atoms with Crippen LogP contribution in [0, 0.1) is 0 Å². The van der Waals surface area contributed by atoms with E-state index in [0.29, 0.717) is 9.23 Å². The average molecular weight is 419 g/mol. The third-order valence-electron chi connectivity index (χ3n) is 3.68. The second-order valence-corrected chi connectivity index (χ2v) is 8.15. The number of nitrogens with one attached hydrogen (secondary N) is 1. The molecule has 1 saturated heterocycles. The zero-order valence-electron chi connectivity index (χ0n) is 13.9. The van der Waals surface area contributed by atoms with Crippen LogP contribution in [0.1, 0.15) is 21.7 Å². The molecule has 0 unspecified atom stereocenters. The van der Waals surface area contributed by atoms with E-state index in [1.165, 1.54) is 40.1 Å². The number of thiocarbonyl (C=S) groups is 1. The fourth-order valence-electron chi connectivity index (χ4n) is 2.40. The fourth-order valence-corrected chi connectivity index (χ4v) is 4.43. The second-order valence-electron chi connectivity index (χ2n) is 5.50. The molecular weight excluding hydrogens is 404 g/mol. The van der Waals surface area contributed by atoms with Gasteiger partial charge in [-0.25, -0.2) is 4.79 Å². The summed E-state index contributed by atoms with van der Waals surface area (Å²) >= 11 is 7.98. The largest absolute Gasteiger partial charge is 0.478 e. The van der Waals surface area contributed by atoms with Gasteiger partial charge < -0.3 is 10.4 Å². The molecule has 27 heavy (non-hydrogen) atoms. The van der Waals surface area contributed by atoms with Gasteiger partial charge in [0.2, 0.25) is 5.91 Å². The number of aromatic carboxylic acids is 1. The number of thioether (sulfide) groups is 1. The van der Waals surface area contributed by atoms with E-state index in [4.69, 9.17) is 17.3 Å². The van der Waals surface area contributed by atoms with Crippen LogP contribution in [0.4, 0.5) is 5.69 Å². The van der Waals surface area contributed by atoms with Crippen molar-refractivity contribution < 1.29 is 19.5 Å². The summed E-state index contributed by atoms with van der Waals surface area (Å²) in [6.45, 7) is 0.132. The molecule has 9 heteroatoms. The predicted molar refractivity (Wildman–Crippen MR) is 111 cm³/mol. The van der Waals surface area contributed by atoms with E-state index >= 15 is 0 Å². The summed E-state index contributed by atoms with van der Waals surface area (Å²) in [7, 11) is 0. The number of hydrogen-bond acceptors (Lipinski definition) is 6. The molecule has 2 N–H and O–H groups in total. The topological polar surface area (TPSA) is 86.7 Å². The Morgan fingerprint density at radius 3 is 2.70 bits per heavy atom. The van der Waals surface area contributed by atoms with Gasteiger partial charge in [-0.1, -0.05) is 42.2 Å². The van der Waals surface area contributed by atoms with Crippen molar-refractivity contribution in [3.05, 3.63) is 57.1 Å². The molecule has 2 amide bonds. The molecule has 0 spiro atoms. The summed E-state index contributed by atoms with van der Waals surface area (Å²) in [5, 5.41) is 13.7. The van der Waals surface area contributed by atoms with Crippen LogP contribution in [0.5, 0.6) is 0 Å². The number of carbonyl (C=O) groups excluding carboxylic acids is 2. The van der Waals surface area contributed by atoms with Crippen LogP contribution in [0.25, 0.3) is 6.08 Å². The maximum atomic E-state index is 12.5. The lowest BCUT2D eigenvalue weighted by Gasteiger charge is -2.14. The molecule has 0 aliphatic carbocycles. The van der Waals surface area contributed by atoms with Crippen molar-refractivity contribution in [3.8, 4) is 0 Å². The van der Waals surface area contributed by atoms with Crippen LogP contribution in [-0.4, -0.2) is 38.7 Å². The van der Waals surface area contributed by atoms with E-state index in [1.54, 1.807) is 18.2 Å². The van der Waals surface area contributed by atoms with Crippen LogP contribution in [0.15, 0.2) is 46.7 Å². The van der Waals surface area contributed by atoms with Crippen molar-refractivity contribution in [2.45, 2.75) is 6.42 Å². The van der Waals surface area contributed by atoms with E-state index in [0.717, 1.165) is 4.88 Å². The second kappa shape index (κ2) is 8.47. The molecule has 0 saturated carbocycles. The molecule has 1 aliphatic heterocycles. The van der Waals surface area contributed by atoms with Crippen LogP contribution < -0.4 is 5.32 Å². The van der Waals surface area contributed by atoms with E-state index in [1.807, 2.05) is 17.5 Å². The minimum atomic E-state index is -1.12. The van der Waals surface area contributed by atoms with E-state index in [9.17, 15) is 14.4 Å². The zero-order chi connectivity index (χ0) is 19.4. The lowest BCUT2D eigenvalue weighted by Crippen LogP contribution is -2.31. The first kappa shape index (κ1) is 19.3. The van der Waals surface area contributed by atoms with Gasteiger partial charge in [0.25, 0.3) is 5.91 Å². The van der Waals surface area contributed by atoms with Crippen molar-refractivity contribution in [2.75, 3.05) is 11.9 Å². The molecule has 2 aromatic rings. The number of para-hydroxylation sites is 1. The molecule has 1 aromatic heterocycles. The maximum Gasteiger partial charge on any atom is 0.337 e. The van der Waals surface area contributed by atoms with Crippen molar-refractivity contribution >= 4 is 69.2 Å². The Labute approximate surface area is 168 Å². The molecule has 3 rings (SSSR count). The summed E-state index contributed by atoms with van der Waals surface area (Å²) in [6, 6.07) is 9.96. The number of nitrogens with zero attached hydrogens (tertiary/aromatic N) is 1. The minimum Gasteiger partial charge on any atom is -0.478 e. The van der Waals surface area contributed by atoms with Crippen LogP contribution in [0.2, 0.25) is 0 Å². The van der Waals surface area contributed by atoms with Gasteiger partial charge in [0.05, 0.1) is 16.2 Å². The quantitative estimate of drug-likeness (QED) is 0.550. The molecule has 1 aliphatic rings. The molecular formula is C18H14N2O4S3. The number of anilines is 1. The molecule has 6 nitrogen and oxygen atoms in total. The summed E-state index contributed by atoms with van der Waals surface area (Å²) < 4.78 is 0.404. The normalized spacial score (nSPS) is 15.4. The van der Waals surface area contributed by atoms with Gasteiger partial charge in [-0.15, -0.1) is 11.3 Å². The zero-order valence-corrected chi connectivity index (χ0v) is 16.3. The summed E-state index contributed by atoms with van der Waals surface area (Å²) in [5.41, 5.74) is 0.230. The van der Waals surface area contributed by atoms with Crippen LogP contribution >= 0.6 is 35.3 Å². The smallest absolute Gasteiger partial charge is 0.337 e. The first-order valence-electron chi connectivity index (χ1n) is 7.87. The maximum absolute atomic E-state index is 12.5. The lowest BCUT2D eigenvalue weighted by molar-refractivity contribution is -0.122. The number of carbonyl (C=O) groups is 3. The Hall–Kier alpha value is -2.49. The molecule has 0 atom stereocenters. The number of rotatable bonds is 6. The Kier molecular flexibility index (Phi) is 6.04. The first-order valence-corrected chi connectivity index (χ1v) is 9.97. The van der Waals surface area contributed by atoms with Gasteiger partial charge in [-0.05, 0) is 29.7 Å². The average Bonchev–Trinajstić information content (AvgIpc) is 3.23. The number of thiophene rings is 1. The monoisotopic (exact) mass is 418 g/mol. The number of carboxylic acids is 1. The van der Waals surface area contributed by atoms with Crippen LogP contribution in [0.3, 0.4) is 0 Å². The number of benzene rings is 1. The van der Waals surface area contributed by atoms with Gasteiger partial charge in [0, 0.05) is 17.8 Å². The van der Waals surface area contributed by atoms with Crippen molar-refractivity contribution in [1.82, 2.24) is 4.90 Å². The van der Waals surface area contributed by atoms with Gasteiger partial charge in [0.1, 0.15) is 4.32 Å². The fraction of sp³-hybridized carbons (Fsp3) is 0.111. The standard InChI is InChI=1S/C18H14N2O4S3/c21-15(19-13-6-2-1-5-12(13)17(23)24)7-8-20-16(22)14(27-18(20)25)10-11-4-3-9-26-11/h1-6,9-10H,7-8H2,(H,19,21)(H,23,24). The molecule has 2 heterocycles. The SMILES string of the molecule is O=C(CCN1C(=O)C(=Cc2cccs2)SC1=S)Nc1ccccc1C(=O)O. The Bertz CT molecular complexity index is 938. The van der Waals surface area contributed by atoms with Crippen molar-refractivity contribution in [3.63, 3.8) is 0 Å². The Balaban J connectivity index is 1.61. The third-order valence-corrected chi connectivity index (χ3v) is 5.88. The van der Waals surface area contributed by atoms with Gasteiger partial charge >= 0.3 is 5.97 Å². The number of amides is 2. The third kappa shape index (κ3) is 4.62. The van der Waals surface area contributed by atoms with E-state index < -0.39 is 5.97 Å².